The van der Waals surface area contributed by atoms with E-state index in [-0.39, 0.29) is 17.4 Å². The van der Waals surface area contributed by atoms with Crippen LogP contribution in [0.3, 0.4) is 0 Å². The Bertz CT molecular complexity index is 739. The topological polar surface area (TPSA) is 38.1 Å². The van der Waals surface area contributed by atoms with Gasteiger partial charge >= 0.3 is 6.18 Å². The number of alkyl halides is 3. The van der Waals surface area contributed by atoms with E-state index in [1.165, 1.54) is 12.1 Å². The molecule has 128 valence electrons. The van der Waals surface area contributed by atoms with Gasteiger partial charge in [0.15, 0.2) is 0 Å². The highest BCUT2D eigenvalue weighted by Crippen LogP contribution is 2.26. The van der Waals surface area contributed by atoms with Gasteiger partial charge in [0.25, 0.3) is 0 Å². The standard InChI is InChI=1S/C17H18F3N3O/c1-22-10-13(8-15(22)24)11-23-6-5-21-16(23)14-4-2-3-12(7-14)9-17(18,19)20/h2-7,13H,8-11H2,1H3. The Balaban J connectivity index is 1.80. The van der Waals surface area contributed by atoms with Gasteiger partial charge in [-0.25, -0.2) is 4.98 Å². The molecule has 0 bridgehead atoms. The minimum atomic E-state index is -4.23. The molecule has 1 aromatic heterocycles. The molecule has 1 fully saturated rings. The van der Waals surface area contributed by atoms with Crippen LogP contribution in [0.2, 0.25) is 0 Å². The van der Waals surface area contributed by atoms with Gasteiger partial charge in [-0.2, -0.15) is 13.2 Å². The predicted molar refractivity (Wildman–Crippen MR) is 83.2 cm³/mol. The number of aromatic nitrogens is 2. The molecular weight excluding hydrogens is 319 g/mol. The minimum absolute atomic E-state index is 0.119. The second-order valence-electron chi connectivity index (χ2n) is 6.24. The molecule has 24 heavy (non-hydrogen) atoms. The van der Waals surface area contributed by atoms with Crippen LogP contribution in [0.1, 0.15) is 12.0 Å². The van der Waals surface area contributed by atoms with Crippen molar-refractivity contribution in [2.24, 2.45) is 5.92 Å². The number of halogens is 3. The van der Waals surface area contributed by atoms with Crippen molar-refractivity contribution in [2.75, 3.05) is 13.6 Å². The summed E-state index contributed by atoms with van der Waals surface area (Å²) >= 11 is 0. The predicted octanol–water partition coefficient (Wildman–Crippen LogP) is 3.13. The van der Waals surface area contributed by atoms with Crippen molar-refractivity contribution >= 4 is 5.91 Å². The number of nitrogens with zero attached hydrogens (tertiary/aromatic N) is 3. The third-order valence-corrected chi connectivity index (χ3v) is 4.18. The number of likely N-dealkylation sites (tertiary alicyclic amines) is 1. The SMILES string of the molecule is CN1CC(Cn2ccnc2-c2cccc(CC(F)(F)F)c2)CC1=O. The van der Waals surface area contributed by atoms with Crippen molar-refractivity contribution in [1.82, 2.24) is 14.5 Å². The number of carbonyl (C=O) groups excluding carboxylic acids is 1. The second kappa shape index (κ2) is 6.30. The molecule has 1 aromatic carbocycles. The highest BCUT2D eigenvalue weighted by Gasteiger charge is 2.29. The molecule has 0 radical (unpaired) electrons. The van der Waals surface area contributed by atoms with Crippen LogP contribution in [0.4, 0.5) is 13.2 Å². The van der Waals surface area contributed by atoms with E-state index in [1.54, 1.807) is 36.5 Å². The third-order valence-electron chi connectivity index (χ3n) is 4.18. The normalized spacial score (nSPS) is 18.4. The molecule has 1 saturated heterocycles. The van der Waals surface area contributed by atoms with Crippen molar-refractivity contribution in [3.8, 4) is 11.4 Å². The number of hydrogen-bond acceptors (Lipinski definition) is 2. The number of rotatable bonds is 4. The summed E-state index contributed by atoms with van der Waals surface area (Å²) in [6.07, 6.45) is -1.27. The summed E-state index contributed by atoms with van der Waals surface area (Å²) in [7, 11) is 1.78. The zero-order valence-corrected chi connectivity index (χ0v) is 13.3. The lowest BCUT2D eigenvalue weighted by Gasteiger charge is -2.14. The molecule has 0 saturated carbocycles. The minimum Gasteiger partial charge on any atom is -0.345 e. The second-order valence-corrected chi connectivity index (χ2v) is 6.24. The van der Waals surface area contributed by atoms with Gasteiger partial charge in [-0.05, 0) is 11.6 Å². The van der Waals surface area contributed by atoms with Crippen molar-refractivity contribution in [3.63, 3.8) is 0 Å². The molecule has 0 spiro atoms. The largest absolute Gasteiger partial charge is 0.393 e. The maximum Gasteiger partial charge on any atom is 0.393 e. The molecule has 0 aliphatic carbocycles. The van der Waals surface area contributed by atoms with Crippen LogP contribution in [-0.2, 0) is 17.8 Å². The molecule has 4 nitrogen and oxygen atoms in total. The summed E-state index contributed by atoms with van der Waals surface area (Å²) in [5.74, 6) is 0.934. The smallest absolute Gasteiger partial charge is 0.345 e. The Kier molecular flexibility index (Phi) is 4.34. The van der Waals surface area contributed by atoms with Gasteiger partial charge in [0.2, 0.25) is 5.91 Å². The fourth-order valence-electron chi connectivity index (χ4n) is 3.13. The monoisotopic (exact) mass is 337 g/mol. The molecule has 1 aliphatic rings. The first-order chi connectivity index (χ1) is 11.3. The maximum absolute atomic E-state index is 12.6. The quantitative estimate of drug-likeness (QED) is 0.860. The lowest BCUT2D eigenvalue weighted by atomic mass is 10.1. The molecule has 1 unspecified atom stereocenters. The summed E-state index contributed by atoms with van der Waals surface area (Å²) in [5.41, 5.74) is 0.866. The van der Waals surface area contributed by atoms with Crippen molar-refractivity contribution < 1.29 is 18.0 Å². The van der Waals surface area contributed by atoms with E-state index in [9.17, 15) is 18.0 Å². The summed E-state index contributed by atoms with van der Waals surface area (Å²) in [6.45, 7) is 1.31. The van der Waals surface area contributed by atoms with Crippen molar-refractivity contribution in [2.45, 2.75) is 25.6 Å². The van der Waals surface area contributed by atoms with Gasteiger partial charge in [0.1, 0.15) is 5.82 Å². The third kappa shape index (κ3) is 3.77. The Hall–Kier alpha value is -2.31. The van der Waals surface area contributed by atoms with Gasteiger partial charge in [-0.15, -0.1) is 0 Å². The first kappa shape index (κ1) is 16.5. The van der Waals surface area contributed by atoms with Crippen LogP contribution in [0, 0.1) is 5.92 Å². The lowest BCUT2D eigenvalue weighted by Crippen LogP contribution is -2.20. The highest BCUT2D eigenvalue weighted by molar-refractivity contribution is 5.78. The van der Waals surface area contributed by atoms with Gasteiger partial charge in [0, 0.05) is 50.4 Å². The van der Waals surface area contributed by atoms with E-state index in [0.29, 0.717) is 30.9 Å². The molecule has 1 atom stereocenters. The van der Waals surface area contributed by atoms with Crippen molar-refractivity contribution in [3.05, 3.63) is 42.2 Å². The van der Waals surface area contributed by atoms with Crippen LogP contribution in [0.5, 0.6) is 0 Å². The Morgan fingerprint density at radius 2 is 2.12 bits per heavy atom. The van der Waals surface area contributed by atoms with Crippen LogP contribution < -0.4 is 0 Å². The van der Waals surface area contributed by atoms with Gasteiger partial charge in [-0.3, -0.25) is 4.79 Å². The van der Waals surface area contributed by atoms with E-state index in [0.717, 1.165) is 0 Å². The molecule has 7 heteroatoms. The average Bonchev–Trinajstić information content (AvgIpc) is 3.05. The Morgan fingerprint density at radius 1 is 1.33 bits per heavy atom. The number of carbonyl (C=O) groups is 1. The van der Waals surface area contributed by atoms with Gasteiger partial charge < -0.3 is 9.47 Å². The van der Waals surface area contributed by atoms with E-state index in [4.69, 9.17) is 0 Å². The molecule has 2 aromatic rings. The summed E-state index contributed by atoms with van der Waals surface area (Å²) < 4.78 is 39.7. The van der Waals surface area contributed by atoms with Crippen molar-refractivity contribution in [1.29, 1.82) is 0 Å². The lowest BCUT2D eigenvalue weighted by molar-refractivity contribution is -0.127. The number of hydrogen-bond donors (Lipinski definition) is 0. The summed E-state index contributed by atoms with van der Waals surface area (Å²) in [4.78, 5) is 17.6. The molecule has 2 heterocycles. The summed E-state index contributed by atoms with van der Waals surface area (Å²) in [5, 5.41) is 0. The summed E-state index contributed by atoms with van der Waals surface area (Å²) in [6, 6.07) is 6.36. The van der Waals surface area contributed by atoms with E-state index >= 15 is 0 Å². The highest BCUT2D eigenvalue weighted by atomic mass is 19.4. The molecule has 0 N–H and O–H groups in total. The zero-order chi connectivity index (χ0) is 17.3. The van der Waals surface area contributed by atoms with E-state index < -0.39 is 12.6 Å². The Labute approximate surface area is 137 Å². The average molecular weight is 337 g/mol. The van der Waals surface area contributed by atoms with Crippen LogP contribution >= 0.6 is 0 Å². The van der Waals surface area contributed by atoms with Gasteiger partial charge in [0.05, 0.1) is 6.42 Å². The fraction of sp³-hybridized carbons (Fsp3) is 0.412. The number of imidazole rings is 1. The van der Waals surface area contributed by atoms with E-state index in [2.05, 4.69) is 4.98 Å². The first-order valence-corrected chi connectivity index (χ1v) is 7.73. The molecule has 3 rings (SSSR count). The van der Waals surface area contributed by atoms with E-state index in [1.807, 2.05) is 4.57 Å². The van der Waals surface area contributed by atoms with Crippen LogP contribution in [0.15, 0.2) is 36.7 Å². The number of benzene rings is 1. The molecular formula is C17H18F3N3O. The fourth-order valence-corrected chi connectivity index (χ4v) is 3.13. The maximum atomic E-state index is 12.6. The number of amides is 1. The van der Waals surface area contributed by atoms with Crippen LogP contribution in [0.25, 0.3) is 11.4 Å². The molecule has 1 aliphatic heterocycles. The molecule has 1 amide bonds. The van der Waals surface area contributed by atoms with Gasteiger partial charge in [-0.1, -0.05) is 18.2 Å². The zero-order valence-electron chi connectivity index (χ0n) is 13.3. The first-order valence-electron chi connectivity index (χ1n) is 7.73. The van der Waals surface area contributed by atoms with Crippen LogP contribution in [-0.4, -0.2) is 40.1 Å². The Morgan fingerprint density at radius 3 is 2.79 bits per heavy atom.